The Hall–Kier alpha value is -2.43. The van der Waals surface area contributed by atoms with Crippen LogP contribution in [-0.2, 0) is 4.74 Å². The monoisotopic (exact) mass is 474 g/mol. The molecule has 9 heteroatoms. The second kappa shape index (κ2) is 7.85. The lowest BCUT2D eigenvalue weighted by Gasteiger charge is -2.16. The van der Waals surface area contributed by atoms with Crippen molar-refractivity contribution in [1.82, 2.24) is 9.47 Å². The van der Waals surface area contributed by atoms with Crippen molar-refractivity contribution in [3.8, 4) is 22.9 Å². The first-order valence-electron chi connectivity index (χ1n) is 7.63. The minimum atomic E-state index is -0.857. The first kappa shape index (κ1) is 19.9. The SMILES string of the molecule is CCOC(=O)c1c(O)c(O)c(C(=O)N(C)C)n1-c1ccc(OC)c(I)c1. The summed E-state index contributed by atoms with van der Waals surface area (Å²) in [5, 5.41) is 20.6. The van der Waals surface area contributed by atoms with E-state index in [1.165, 1.54) is 30.7 Å². The van der Waals surface area contributed by atoms with Gasteiger partial charge in [-0.05, 0) is 47.7 Å². The first-order chi connectivity index (χ1) is 12.2. The fourth-order valence-corrected chi connectivity index (χ4v) is 3.12. The molecule has 0 saturated carbocycles. The van der Waals surface area contributed by atoms with Crippen LogP contribution in [0.4, 0.5) is 0 Å². The van der Waals surface area contributed by atoms with E-state index in [-0.39, 0.29) is 18.0 Å². The van der Waals surface area contributed by atoms with E-state index in [9.17, 15) is 19.8 Å². The first-order valence-corrected chi connectivity index (χ1v) is 8.71. The van der Waals surface area contributed by atoms with Gasteiger partial charge in [0.15, 0.2) is 22.9 Å². The summed E-state index contributed by atoms with van der Waals surface area (Å²) in [5.41, 5.74) is -0.175. The molecule has 0 fully saturated rings. The minimum Gasteiger partial charge on any atom is -0.503 e. The number of methoxy groups -OCH3 is 1. The quantitative estimate of drug-likeness (QED) is 0.510. The van der Waals surface area contributed by atoms with Crippen molar-refractivity contribution in [2.24, 2.45) is 0 Å². The van der Waals surface area contributed by atoms with Crippen LogP contribution in [0.3, 0.4) is 0 Å². The average Bonchev–Trinajstić information content (AvgIpc) is 2.85. The molecule has 2 N–H and O–H groups in total. The van der Waals surface area contributed by atoms with Gasteiger partial charge in [-0.1, -0.05) is 0 Å². The molecular weight excluding hydrogens is 455 g/mol. The van der Waals surface area contributed by atoms with Crippen LogP contribution in [0.2, 0.25) is 0 Å². The molecule has 0 bridgehead atoms. The average molecular weight is 474 g/mol. The van der Waals surface area contributed by atoms with Gasteiger partial charge in [-0.25, -0.2) is 4.79 Å². The van der Waals surface area contributed by atoms with Gasteiger partial charge in [0, 0.05) is 19.8 Å². The molecule has 0 spiro atoms. The molecule has 0 atom stereocenters. The fourth-order valence-electron chi connectivity index (χ4n) is 2.40. The van der Waals surface area contributed by atoms with E-state index in [1.807, 2.05) is 22.6 Å². The van der Waals surface area contributed by atoms with Crippen LogP contribution in [0.1, 0.15) is 27.9 Å². The maximum absolute atomic E-state index is 12.6. The number of rotatable bonds is 5. The molecule has 0 saturated heterocycles. The van der Waals surface area contributed by atoms with Crippen molar-refractivity contribution in [2.75, 3.05) is 27.8 Å². The summed E-state index contributed by atoms with van der Waals surface area (Å²) in [6.07, 6.45) is 0. The van der Waals surface area contributed by atoms with Crippen LogP contribution < -0.4 is 4.74 Å². The number of aromatic hydroxyl groups is 2. The summed E-state index contributed by atoms with van der Waals surface area (Å²) in [7, 11) is 4.52. The number of halogens is 1. The number of nitrogens with zero attached hydrogens (tertiary/aromatic N) is 2. The fraction of sp³-hybridized carbons (Fsp3) is 0.294. The number of carbonyl (C=O) groups is 2. The van der Waals surface area contributed by atoms with Crippen LogP contribution in [0.15, 0.2) is 18.2 Å². The normalized spacial score (nSPS) is 10.5. The van der Waals surface area contributed by atoms with Gasteiger partial charge in [-0.2, -0.15) is 0 Å². The Morgan fingerprint density at radius 2 is 1.81 bits per heavy atom. The zero-order chi connectivity index (χ0) is 19.6. The maximum Gasteiger partial charge on any atom is 0.359 e. The predicted molar refractivity (Wildman–Crippen MR) is 102 cm³/mol. The molecule has 1 amide bonds. The molecule has 26 heavy (non-hydrogen) atoms. The molecule has 2 aromatic rings. The predicted octanol–water partition coefficient (Wildman–Crippen LogP) is 2.38. The van der Waals surface area contributed by atoms with Crippen molar-refractivity contribution in [2.45, 2.75) is 6.92 Å². The second-order valence-electron chi connectivity index (χ2n) is 5.47. The van der Waals surface area contributed by atoms with E-state index < -0.39 is 23.4 Å². The number of aromatic nitrogens is 1. The second-order valence-corrected chi connectivity index (χ2v) is 6.63. The number of carbonyl (C=O) groups excluding carboxylic acids is 2. The molecule has 0 aliphatic rings. The lowest BCUT2D eigenvalue weighted by atomic mass is 10.2. The topological polar surface area (TPSA) is 101 Å². The molecule has 2 rings (SSSR count). The van der Waals surface area contributed by atoms with E-state index in [4.69, 9.17) is 9.47 Å². The number of hydrogen-bond donors (Lipinski definition) is 2. The number of ether oxygens (including phenoxy) is 2. The van der Waals surface area contributed by atoms with Gasteiger partial charge >= 0.3 is 5.97 Å². The number of benzene rings is 1. The number of amides is 1. The zero-order valence-corrected chi connectivity index (χ0v) is 16.9. The highest BCUT2D eigenvalue weighted by Gasteiger charge is 2.33. The van der Waals surface area contributed by atoms with E-state index in [1.54, 1.807) is 25.1 Å². The molecular formula is C17H19IN2O6. The molecule has 1 heterocycles. The highest BCUT2D eigenvalue weighted by atomic mass is 127. The summed E-state index contributed by atoms with van der Waals surface area (Å²) in [6.45, 7) is 1.69. The largest absolute Gasteiger partial charge is 0.503 e. The molecule has 8 nitrogen and oxygen atoms in total. The van der Waals surface area contributed by atoms with Crippen LogP contribution >= 0.6 is 22.6 Å². The lowest BCUT2D eigenvalue weighted by Crippen LogP contribution is -2.25. The summed E-state index contributed by atoms with van der Waals surface area (Å²) in [4.78, 5) is 26.2. The Kier molecular flexibility index (Phi) is 6.01. The van der Waals surface area contributed by atoms with Crippen molar-refractivity contribution in [3.05, 3.63) is 33.2 Å². The Morgan fingerprint density at radius 1 is 1.19 bits per heavy atom. The number of hydrogen-bond acceptors (Lipinski definition) is 6. The van der Waals surface area contributed by atoms with Gasteiger partial charge in [0.05, 0.1) is 17.3 Å². The van der Waals surface area contributed by atoms with Gasteiger partial charge in [0.25, 0.3) is 5.91 Å². The zero-order valence-electron chi connectivity index (χ0n) is 14.7. The van der Waals surface area contributed by atoms with Crippen molar-refractivity contribution in [3.63, 3.8) is 0 Å². The van der Waals surface area contributed by atoms with Crippen molar-refractivity contribution < 1.29 is 29.3 Å². The molecule has 0 radical (unpaired) electrons. The maximum atomic E-state index is 12.6. The Labute approximate surface area is 164 Å². The molecule has 0 unspecified atom stereocenters. The van der Waals surface area contributed by atoms with Gasteiger partial charge < -0.3 is 24.6 Å². The molecule has 1 aromatic heterocycles. The Bertz CT molecular complexity index is 859. The summed E-state index contributed by atoms with van der Waals surface area (Å²) in [5.74, 6) is -2.23. The standard InChI is InChI=1S/C17H19IN2O6/c1-5-26-17(24)13-15(22)14(21)12(16(23)19(2)3)20(13)9-6-7-11(25-4)10(18)8-9/h6-8,21-22H,5H2,1-4H3. The van der Waals surface area contributed by atoms with Gasteiger partial charge in [-0.3, -0.25) is 9.36 Å². The molecule has 0 aliphatic heterocycles. The number of esters is 1. The van der Waals surface area contributed by atoms with E-state index in [0.29, 0.717) is 15.0 Å². The molecule has 1 aromatic carbocycles. The van der Waals surface area contributed by atoms with E-state index in [0.717, 1.165) is 0 Å². The van der Waals surface area contributed by atoms with Crippen LogP contribution in [0.5, 0.6) is 17.2 Å². The van der Waals surface area contributed by atoms with Crippen LogP contribution in [-0.4, -0.2) is 59.4 Å². The third kappa shape index (κ3) is 3.43. The third-order valence-corrected chi connectivity index (χ3v) is 4.43. The van der Waals surface area contributed by atoms with Gasteiger partial charge in [-0.15, -0.1) is 0 Å². The van der Waals surface area contributed by atoms with Crippen molar-refractivity contribution >= 4 is 34.5 Å². The molecule has 0 aliphatic carbocycles. The Morgan fingerprint density at radius 3 is 2.31 bits per heavy atom. The summed E-state index contributed by atoms with van der Waals surface area (Å²) in [6, 6.07) is 4.92. The summed E-state index contributed by atoms with van der Waals surface area (Å²) < 4.78 is 12.1. The van der Waals surface area contributed by atoms with Crippen LogP contribution in [0, 0.1) is 3.57 Å². The van der Waals surface area contributed by atoms with Crippen molar-refractivity contribution in [1.29, 1.82) is 0 Å². The summed E-state index contributed by atoms with van der Waals surface area (Å²) >= 11 is 2.04. The minimum absolute atomic E-state index is 0.0708. The third-order valence-electron chi connectivity index (χ3n) is 3.59. The van der Waals surface area contributed by atoms with Crippen LogP contribution in [0.25, 0.3) is 5.69 Å². The van der Waals surface area contributed by atoms with Gasteiger partial charge in [0.2, 0.25) is 0 Å². The van der Waals surface area contributed by atoms with E-state index in [2.05, 4.69) is 0 Å². The highest BCUT2D eigenvalue weighted by molar-refractivity contribution is 14.1. The smallest absolute Gasteiger partial charge is 0.359 e. The highest BCUT2D eigenvalue weighted by Crippen LogP contribution is 2.39. The molecule has 140 valence electrons. The Balaban J connectivity index is 2.83. The van der Waals surface area contributed by atoms with E-state index >= 15 is 0 Å². The van der Waals surface area contributed by atoms with Gasteiger partial charge in [0.1, 0.15) is 5.75 Å². The lowest BCUT2D eigenvalue weighted by molar-refractivity contribution is 0.0513.